The average Bonchev–Trinajstić information content (AvgIpc) is 3.38. The lowest BCUT2D eigenvalue weighted by Crippen LogP contribution is -2.38. The smallest absolute Gasteiger partial charge is 0.316 e. The molecular formula is C18H20N4O5. The fourth-order valence-corrected chi connectivity index (χ4v) is 3.21. The van der Waals surface area contributed by atoms with Crippen LogP contribution in [0, 0.1) is 0 Å². The molecule has 0 saturated carbocycles. The Morgan fingerprint density at radius 2 is 2.30 bits per heavy atom. The average molecular weight is 372 g/mol. The van der Waals surface area contributed by atoms with Crippen LogP contribution in [0.3, 0.4) is 0 Å². The molecule has 4 rings (SSSR count). The number of nitrogens with one attached hydrogen (secondary N) is 1. The minimum Gasteiger partial charge on any atom is -0.482 e. The van der Waals surface area contributed by atoms with E-state index in [1.807, 2.05) is 6.92 Å². The third-order valence-electron chi connectivity index (χ3n) is 4.61. The number of hydrogen-bond donors (Lipinski definition) is 1. The SMILES string of the molecule is CCN1C(=O)COc2cc(-c3noc(C(=O)NC[C@@H]4CCCO4)n3)ccc21. The highest BCUT2D eigenvalue weighted by Gasteiger charge is 2.25. The minimum absolute atomic E-state index is 0.00652. The molecule has 0 aliphatic carbocycles. The number of aromatic nitrogens is 2. The van der Waals surface area contributed by atoms with Crippen LogP contribution in [0.15, 0.2) is 22.7 Å². The van der Waals surface area contributed by atoms with Crippen molar-refractivity contribution in [3.63, 3.8) is 0 Å². The molecule has 0 bridgehead atoms. The summed E-state index contributed by atoms with van der Waals surface area (Å²) in [6.45, 7) is 3.61. The van der Waals surface area contributed by atoms with Crippen molar-refractivity contribution < 1.29 is 23.6 Å². The van der Waals surface area contributed by atoms with E-state index in [1.165, 1.54) is 0 Å². The van der Waals surface area contributed by atoms with Crippen LogP contribution in [-0.4, -0.2) is 54.4 Å². The number of anilines is 1. The second-order valence-electron chi connectivity index (χ2n) is 6.38. The Bertz CT molecular complexity index is 859. The first-order chi connectivity index (χ1) is 13.2. The van der Waals surface area contributed by atoms with E-state index in [-0.39, 0.29) is 30.3 Å². The molecule has 0 unspecified atom stereocenters. The molecule has 2 amide bonds. The summed E-state index contributed by atoms with van der Waals surface area (Å²) in [7, 11) is 0. The molecule has 2 aromatic rings. The standard InChI is InChI=1S/C18H20N4O5/c1-2-22-13-6-5-11(8-14(13)26-10-15(22)23)16-20-18(27-21-16)17(24)19-9-12-4-3-7-25-12/h5-6,8,12H,2-4,7,9-10H2,1H3,(H,19,24)/t12-/m0/s1. The largest absolute Gasteiger partial charge is 0.482 e. The number of carbonyl (C=O) groups is 2. The molecule has 142 valence electrons. The van der Waals surface area contributed by atoms with E-state index in [2.05, 4.69) is 15.5 Å². The van der Waals surface area contributed by atoms with Crippen LogP contribution in [0.5, 0.6) is 5.75 Å². The molecular weight excluding hydrogens is 352 g/mol. The van der Waals surface area contributed by atoms with Crippen LogP contribution in [0.4, 0.5) is 5.69 Å². The number of amides is 2. The van der Waals surface area contributed by atoms with E-state index >= 15 is 0 Å². The van der Waals surface area contributed by atoms with Crippen LogP contribution in [0.2, 0.25) is 0 Å². The highest BCUT2D eigenvalue weighted by atomic mass is 16.5. The van der Waals surface area contributed by atoms with Crippen molar-refractivity contribution in [2.75, 3.05) is 31.2 Å². The third kappa shape index (κ3) is 3.50. The molecule has 1 N–H and O–H groups in total. The molecule has 1 aromatic carbocycles. The maximum Gasteiger partial charge on any atom is 0.316 e. The van der Waals surface area contributed by atoms with Crippen molar-refractivity contribution in [3.05, 3.63) is 24.1 Å². The number of likely N-dealkylation sites (N-methyl/N-ethyl adjacent to an activating group) is 1. The summed E-state index contributed by atoms with van der Waals surface area (Å²) in [6.07, 6.45) is 1.98. The Kier molecular flexibility index (Phi) is 4.76. The summed E-state index contributed by atoms with van der Waals surface area (Å²) >= 11 is 0. The number of nitrogens with zero attached hydrogens (tertiary/aromatic N) is 3. The molecule has 0 spiro atoms. The van der Waals surface area contributed by atoms with Crippen molar-refractivity contribution in [2.24, 2.45) is 0 Å². The molecule has 9 nitrogen and oxygen atoms in total. The van der Waals surface area contributed by atoms with Gasteiger partial charge in [0.25, 0.3) is 5.91 Å². The van der Waals surface area contributed by atoms with Crippen LogP contribution in [0.1, 0.15) is 30.5 Å². The lowest BCUT2D eigenvalue weighted by Gasteiger charge is -2.28. The van der Waals surface area contributed by atoms with Crippen molar-refractivity contribution in [2.45, 2.75) is 25.9 Å². The van der Waals surface area contributed by atoms with Gasteiger partial charge in [0.1, 0.15) is 5.75 Å². The van der Waals surface area contributed by atoms with Gasteiger partial charge in [-0.25, -0.2) is 0 Å². The minimum atomic E-state index is -0.429. The van der Waals surface area contributed by atoms with Gasteiger partial charge in [0.2, 0.25) is 5.82 Å². The maximum absolute atomic E-state index is 12.2. The lowest BCUT2D eigenvalue weighted by atomic mass is 10.1. The van der Waals surface area contributed by atoms with E-state index in [0.29, 0.717) is 30.1 Å². The zero-order valence-electron chi connectivity index (χ0n) is 14.9. The molecule has 2 aliphatic rings. The van der Waals surface area contributed by atoms with Crippen LogP contribution < -0.4 is 15.0 Å². The van der Waals surface area contributed by atoms with Crippen LogP contribution in [-0.2, 0) is 9.53 Å². The topological polar surface area (TPSA) is 107 Å². The number of rotatable bonds is 5. The molecule has 1 fully saturated rings. The van der Waals surface area contributed by atoms with Crippen LogP contribution in [0.25, 0.3) is 11.4 Å². The maximum atomic E-state index is 12.2. The van der Waals surface area contributed by atoms with Crippen molar-refractivity contribution in [1.29, 1.82) is 0 Å². The molecule has 3 heterocycles. The molecule has 9 heteroatoms. The fraction of sp³-hybridized carbons (Fsp3) is 0.444. The predicted octanol–water partition coefficient (Wildman–Crippen LogP) is 1.39. The summed E-state index contributed by atoms with van der Waals surface area (Å²) in [5.41, 5.74) is 1.34. The second-order valence-corrected chi connectivity index (χ2v) is 6.38. The molecule has 1 saturated heterocycles. The summed E-state index contributed by atoms with van der Waals surface area (Å²) < 4.78 is 16.1. The van der Waals surface area contributed by atoms with E-state index in [9.17, 15) is 9.59 Å². The number of ether oxygens (including phenoxy) is 2. The number of carbonyl (C=O) groups excluding carboxylic acids is 2. The van der Waals surface area contributed by atoms with Crippen molar-refractivity contribution in [1.82, 2.24) is 15.5 Å². The van der Waals surface area contributed by atoms with Gasteiger partial charge in [-0.05, 0) is 38.0 Å². The first kappa shape index (κ1) is 17.5. The van der Waals surface area contributed by atoms with Gasteiger partial charge in [-0.1, -0.05) is 5.16 Å². The van der Waals surface area contributed by atoms with Gasteiger partial charge in [-0.15, -0.1) is 0 Å². The van der Waals surface area contributed by atoms with Gasteiger partial charge < -0.3 is 24.2 Å². The van der Waals surface area contributed by atoms with E-state index in [0.717, 1.165) is 19.4 Å². The van der Waals surface area contributed by atoms with E-state index < -0.39 is 5.91 Å². The van der Waals surface area contributed by atoms with E-state index in [4.69, 9.17) is 14.0 Å². The van der Waals surface area contributed by atoms with Gasteiger partial charge >= 0.3 is 11.8 Å². The quantitative estimate of drug-likeness (QED) is 0.845. The van der Waals surface area contributed by atoms with Gasteiger partial charge in [0.05, 0.1) is 11.8 Å². The first-order valence-corrected chi connectivity index (χ1v) is 8.97. The van der Waals surface area contributed by atoms with Gasteiger partial charge in [0, 0.05) is 25.3 Å². The molecule has 2 aliphatic heterocycles. The Balaban J connectivity index is 1.48. The highest BCUT2D eigenvalue weighted by Crippen LogP contribution is 2.35. The van der Waals surface area contributed by atoms with Gasteiger partial charge in [-0.3, -0.25) is 9.59 Å². The molecule has 1 atom stereocenters. The monoisotopic (exact) mass is 372 g/mol. The second kappa shape index (κ2) is 7.36. The Morgan fingerprint density at radius 3 is 3.07 bits per heavy atom. The molecule has 27 heavy (non-hydrogen) atoms. The summed E-state index contributed by atoms with van der Waals surface area (Å²) in [5, 5.41) is 6.62. The number of benzene rings is 1. The van der Waals surface area contributed by atoms with Crippen molar-refractivity contribution in [3.8, 4) is 17.1 Å². The lowest BCUT2D eigenvalue weighted by molar-refractivity contribution is -0.121. The third-order valence-corrected chi connectivity index (χ3v) is 4.61. The number of fused-ring (bicyclic) bond motifs is 1. The van der Waals surface area contributed by atoms with Gasteiger partial charge in [0.15, 0.2) is 6.61 Å². The predicted molar refractivity (Wildman–Crippen MR) is 94.6 cm³/mol. The molecule has 1 aromatic heterocycles. The first-order valence-electron chi connectivity index (χ1n) is 8.97. The Labute approximate surface area is 155 Å². The zero-order chi connectivity index (χ0) is 18.8. The zero-order valence-corrected chi connectivity index (χ0v) is 14.9. The van der Waals surface area contributed by atoms with Crippen LogP contribution >= 0.6 is 0 Å². The Morgan fingerprint density at radius 1 is 1.41 bits per heavy atom. The highest BCUT2D eigenvalue weighted by molar-refractivity contribution is 5.98. The van der Waals surface area contributed by atoms with Gasteiger partial charge in [-0.2, -0.15) is 4.98 Å². The normalized spacial score (nSPS) is 18.9. The molecule has 0 radical (unpaired) electrons. The summed E-state index contributed by atoms with van der Waals surface area (Å²) in [4.78, 5) is 29.9. The summed E-state index contributed by atoms with van der Waals surface area (Å²) in [6, 6.07) is 5.28. The van der Waals surface area contributed by atoms with Crippen molar-refractivity contribution >= 4 is 17.5 Å². The fourth-order valence-electron chi connectivity index (χ4n) is 3.21. The Hall–Kier alpha value is -2.94. The summed E-state index contributed by atoms with van der Waals surface area (Å²) in [5.74, 6) is 0.238. The van der Waals surface area contributed by atoms with E-state index in [1.54, 1.807) is 23.1 Å². The number of hydrogen-bond acceptors (Lipinski definition) is 7.